The topological polar surface area (TPSA) is 50.9 Å². The van der Waals surface area contributed by atoms with Crippen molar-refractivity contribution >= 4 is 11.6 Å². The predicted octanol–water partition coefficient (Wildman–Crippen LogP) is 0.529. The van der Waals surface area contributed by atoms with Gasteiger partial charge in [-0.2, -0.15) is 0 Å². The highest BCUT2D eigenvalue weighted by atomic mass is 16.1. The molecule has 0 saturated carbocycles. The Labute approximate surface area is 157 Å². The molecule has 6 nitrogen and oxygen atoms in total. The Morgan fingerprint density at radius 2 is 1.77 bits per heavy atom. The van der Waals surface area contributed by atoms with Crippen molar-refractivity contribution in [2.75, 3.05) is 76.9 Å². The molecular weight excluding hydrogens is 326 g/mol. The van der Waals surface area contributed by atoms with Gasteiger partial charge < -0.3 is 15.5 Å². The molecule has 1 aromatic rings. The van der Waals surface area contributed by atoms with E-state index in [2.05, 4.69) is 56.5 Å². The average Bonchev–Trinajstić information content (AvgIpc) is 2.68. The summed E-state index contributed by atoms with van der Waals surface area (Å²) in [5.74, 6) is 0.182. The van der Waals surface area contributed by atoms with E-state index < -0.39 is 0 Å². The molecule has 0 aromatic heterocycles. The smallest absolute Gasteiger partial charge is 0.221 e. The van der Waals surface area contributed by atoms with E-state index in [4.69, 9.17) is 0 Å². The molecule has 0 aliphatic carbocycles. The van der Waals surface area contributed by atoms with Gasteiger partial charge in [-0.05, 0) is 24.6 Å². The lowest BCUT2D eigenvalue weighted by Gasteiger charge is -2.36. The first-order valence-electron chi connectivity index (χ1n) is 9.94. The second-order valence-electron chi connectivity index (χ2n) is 7.36. The van der Waals surface area contributed by atoms with Crippen molar-refractivity contribution in [3.8, 4) is 0 Å². The van der Waals surface area contributed by atoms with Gasteiger partial charge in [-0.15, -0.1) is 0 Å². The number of anilines is 1. The van der Waals surface area contributed by atoms with Crippen LogP contribution in [-0.4, -0.2) is 87.7 Å². The zero-order valence-electron chi connectivity index (χ0n) is 16.0. The largest absolute Gasteiger partial charge is 0.369 e. The maximum Gasteiger partial charge on any atom is 0.221 e. The number of rotatable bonds is 7. The molecule has 0 unspecified atom stereocenters. The van der Waals surface area contributed by atoms with Crippen LogP contribution >= 0.6 is 0 Å². The van der Waals surface area contributed by atoms with Gasteiger partial charge in [0.15, 0.2) is 0 Å². The summed E-state index contributed by atoms with van der Waals surface area (Å²) in [4.78, 5) is 19.3. The normalized spacial score (nSPS) is 19.5. The van der Waals surface area contributed by atoms with Gasteiger partial charge in [0.2, 0.25) is 5.91 Å². The van der Waals surface area contributed by atoms with Crippen LogP contribution in [0.5, 0.6) is 0 Å². The summed E-state index contributed by atoms with van der Waals surface area (Å²) in [6.07, 6.45) is 0.603. The summed E-state index contributed by atoms with van der Waals surface area (Å²) < 4.78 is 0. The van der Waals surface area contributed by atoms with Gasteiger partial charge in [-0.25, -0.2) is 0 Å². The molecule has 26 heavy (non-hydrogen) atoms. The van der Waals surface area contributed by atoms with Crippen molar-refractivity contribution in [3.05, 3.63) is 29.8 Å². The van der Waals surface area contributed by atoms with E-state index in [-0.39, 0.29) is 5.91 Å². The molecule has 0 atom stereocenters. The Balaban J connectivity index is 1.29. The standard InChI is InChI=1S/C20H33N5O/c1-18-3-2-4-19(17-18)25-15-13-23(14-16-25)9-5-20(26)22-8-12-24-10-6-21-7-11-24/h2-4,17,21H,5-16H2,1H3,(H,22,26). The molecule has 2 saturated heterocycles. The number of carbonyl (C=O) groups is 1. The molecular formula is C20H33N5O. The van der Waals surface area contributed by atoms with Gasteiger partial charge in [0.05, 0.1) is 0 Å². The first-order chi connectivity index (χ1) is 12.7. The number of nitrogens with one attached hydrogen (secondary N) is 2. The molecule has 0 bridgehead atoms. The summed E-state index contributed by atoms with van der Waals surface area (Å²) >= 11 is 0. The van der Waals surface area contributed by atoms with Gasteiger partial charge >= 0.3 is 0 Å². The minimum absolute atomic E-state index is 0.182. The first-order valence-corrected chi connectivity index (χ1v) is 9.94. The highest BCUT2D eigenvalue weighted by molar-refractivity contribution is 5.76. The molecule has 2 heterocycles. The maximum absolute atomic E-state index is 12.1. The molecule has 2 aliphatic heterocycles. The lowest BCUT2D eigenvalue weighted by atomic mass is 10.2. The second kappa shape index (κ2) is 9.90. The van der Waals surface area contributed by atoms with Crippen LogP contribution in [0.1, 0.15) is 12.0 Å². The van der Waals surface area contributed by atoms with Gasteiger partial charge in [0.25, 0.3) is 0 Å². The van der Waals surface area contributed by atoms with E-state index in [1.807, 2.05) is 0 Å². The van der Waals surface area contributed by atoms with Crippen LogP contribution in [0.15, 0.2) is 24.3 Å². The molecule has 1 amide bonds. The van der Waals surface area contributed by atoms with Gasteiger partial charge in [0.1, 0.15) is 0 Å². The number of aryl methyl sites for hydroxylation is 1. The minimum atomic E-state index is 0.182. The molecule has 0 spiro atoms. The van der Waals surface area contributed by atoms with E-state index in [1.165, 1.54) is 11.3 Å². The van der Waals surface area contributed by atoms with Crippen molar-refractivity contribution in [2.24, 2.45) is 0 Å². The van der Waals surface area contributed by atoms with Crippen LogP contribution in [0, 0.1) is 6.92 Å². The number of benzene rings is 1. The third-order valence-electron chi connectivity index (χ3n) is 5.35. The first kappa shape index (κ1) is 19.1. The third-order valence-corrected chi connectivity index (χ3v) is 5.35. The number of hydrogen-bond acceptors (Lipinski definition) is 5. The molecule has 3 rings (SSSR count). The quantitative estimate of drug-likeness (QED) is 0.744. The molecule has 144 valence electrons. The fourth-order valence-electron chi connectivity index (χ4n) is 3.69. The molecule has 0 radical (unpaired) electrons. The molecule has 1 aromatic carbocycles. The van der Waals surface area contributed by atoms with E-state index >= 15 is 0 Å². The zero-order chi connectivity index (χ0) is 18.2. The Morgan fingerprint density at radius 3 is 2.50 bits per heavy atom. The number of amides is 1. The van der Waals surface area contributed by atoms with E-state index in [0.717, 1.165) is 72.0 Å². The number of nitrogens with zero attached hydrogens (tertiary/aromatic N) is 3. The fourth-order valence-corrected chi connectivity index (χ4v) is 3.69. The van der Waals surface area contributed by atoms with Crippen LogP contribution in [-0.2, 0) is 4.79 Å². The lowest BCUT2D eigenvalue weighted by Crippen LogP contribution is -2.48. The Kier molecular flexibility index (Phi) is 7.29. The van der Waals surface area contributed by atoms with Crippen LogP contribution in [0.4, 0.5) is 5.69 Å². The Morgan fingerprint density at radius 1 is 1.04 bits per heavy atom. The van der Waals surface area contributed by atoms with Crippen LogP contribution in [0.3, 0.4) is 0 Å². The van der Waals surface area contributed by atoms with E-state index in [1.54, 1.807) is 0 Å². The van der Waals surface area contributed by atoms with Crippen molar-refractivity contribution < 1.29 is 4.79 Å². The summed E-state index contributed by atoms with van der Waals surface area (Å²) in [6, 6.07) is 8.71. The van der Waals surface area contributed by atoms with Crippen LogP contribution in [0.25, 0.3) is 0 Å². The number of piperazine rings is 2. The maximum atomic E-state index is 12.1. The van der Waals surface area contributed by atoms with Gasteiger partial charge in [0, 0.05) is 84.1 Å². The van der Waals surface area contributed by atoms with Crippen molar-refractivity contribution in [1.29, 1.82) is 0 Å². The minimum Gasteiger partial charge on any atom is -0.369 e. The van der Waals surface area contributed by atoms with Crippen molar-refractivity contribution in [3.63, 3.8) is 0 Å². The van der Waals surface area contributed by atoms with Crippen LogP contribution < -0.4 is 15.5 Å². The number of hydrogen-bond donors (Lipinski definition) is 2. The fraction of sp³-hybridized carbons (Fsp3) is 0.650. The summed E-state index contributed by atoms with van der Waals surface area (Å²) in [7, 11) is 0. The number of carbonyl (C=O) groups excluding carboxylic acids is 1. The highest BCUT2D eigenvalue weighted by Crippen LogP contribution is 2.17. The second-order valence-corrected chi connectivity index (χ2v) is 7.36. The lowest BCUT2D eigenvalue weighted by molar-refractivity contribution is -0.121. The predicted molar refractivity (Wildman–Crippen MR) is 107 cm³/mol. The third kappa shape index (κ3) is 5.97. The van der Waals surface area contributed by atoms with Gasteiger partial charge in [-0.3, -0.25) is 14.6 Å². The molecule has 2 N–H and O–H groups in total. The van der Waals surface area contributed by atoms with Crippen molar-refractivity contribution in [1.82, 2.24) is 20.4 Å². The molecule has 2 aliphatic rings. The zero-order valence-corrected chi connectivity index (χ0v) is 16.0. The Bertz CT molecular complexity index is 565. The monoisotopic (exact) mass is 359 g/mol. The summed E-state index contributed by atoms with van der Waals surface area (Å²) in [5.41, 5.74) is 2.62. The summed E-state index contributed by atoms with van der Waals surface area (Å²) in [6.45, 7) is 13.1. The van der Waals surface area contributed by atoms with Gasteiger partial charge in [-0.1, -0.05) is 12.1 Å². The average molecular weight is 360 g/mol. The highest BCUT2D eigenvalue weighted by Gasteiger charge is 2.18. The summed E-state index contributed by atoms with van der Waals surface area (Å²) in [5, 5.41) is 6.42. The Hall–Kier alpha value is -1.63. The SMILES string of the molecule is Cc1cccc(N2CCN(CCC(=O)NCCN3CCNCC3)CC2)c1. The van der Waals surface area contributed by atoms with E-state index in [9.17, 15) is 4.79 Å². The van der Waals surface area contributed by atoms with Crippen LogP contribution in [0.2, 0.25) is 0 Å². The van der Waals surface area contributed by atoms with Crippen molar-refractivity contribution in [2.45, 2.75) is 13.3 Å². The molecule has 2 fully saturated rings. The van der Waals surface area contributed by atoms with E-state index in [0.29, 0.717) is 6.42 Å². The molecule has 6 heteroatoms.